The lowest BCUT2D eigenvalue weighted by molar-refractivity contribution is 0.0957. The van der Waals surface area contributed by atoms with E-state index in [0.717, 1.165) is 5.75 Å². The van der Waals surface area contributed by atoms with Gasteiger partial charge in [-0.3, -0.25) is 9.52 Å². The second-order valence-electron chi connectivity index (χ2n) is 8.09. The number of para-hydroxylation sites is 1. The van der Waals surface area contributed by atoms with Crippen LogP contribution < -0.4 is 14.8 Å². The van der Waals surface area contributed by atoms with Gasteiger partial charge in [-0.2, -0.15) is 11.8 Å². The predicted octanol–water partition coefficient (Wildman–Crippen LogP) is 7.25. The first-order valence-corrected chi connectivity index (χ1v) is 15.0. The van der Waals surface area contributed by atoms with Crippen molar-refractivity contribution < 1.29 is 17.9 Å². The Morgan fingerprint density at radius 2 is 1.58 bits per heavy atom. The summed E-state index contributed by atoms with van der Waals surface area (Å²) in [6, 6.07) is 27.3. The average Bonchev–Trinajstić information content (AvgIpc) is 2.91. The molecule has 0 aliphatic rings. The summed E-state index contributed by atoms with van der Waals surface area (Å²) in [5.74, 6) is 1.99. The number of carbonyl (C=O) groups is 1. The van der Waals surface area contributed by atoms with Gasteiger partial charge < -0.3 is 10.1 Å². The van der Waals surface area contributed by atoms with Gasteiger partial charge in [0.05, 0.1) is 21.2 Å². The summed E-state index contributed by atoms with van der Waals surface area (Å²) in [5.41, 5.74) is 1.46. The van der Waals surface area contributed by atoms with E-state index in [1.165, 1.54) is 48.0 Å². The minimum absolute atomic E-state index is 0.00243. The van der Waals surface area contributed by atoms with Crippen LogP contribution in [0.1, 0.15) is 15.9 Å². The number of ether oxygens (including phenoxy) is 1. The lowest BCUT2D eigenvalue weighted by Crippen LogP contribution is -2.27. The first-order chi connectivity index (χ1) is 18.3. The van der Waals surface area contributed by atoms with E-state index in [-0.39, 0.29) is 16.1 Å². The highest BCUT2D eigenvalue weighted by Gasteiger charge is 2.19. The van der Waals surface area contributed by atoms with Crippen LogP contribution in [-0.4, -0.2) is 26.6 Å². The number of benzene rings is 4. The average molecular weight is 588 g/mol. The highest BCUT2D eigenvalue weighted by atomic mass is 35.5. The molecular weight excluding hydrogens is 563 g/mol. The van der Waals surface area contributed by atoms with Crippen molar-refractivity contribution in [1.29, 1.82) is 0 Å². The van der Waals surface area contributed by atoms with E-state index in [1.807, 2.05) is 18.2 Å². The summed E-state index contributed by atoms with van der Waals surface area (Å²) in [6.07, 6.45) is 0. The van der Waals surface area contributed by atoms with Gasteiger partial charge in [0.2, 0.25) is 0 Å². The first-order valence-electron chi connectivity index (χ1n) is 11.6. The van der Waals surface area contributed by atoms with E-state index >= 15 is 0 Å². The first kappa shape index (κ1) is 27.9. The van der Waals surface area contributed by atoms with E-state index in [9.17, 15) is 13.2 Å². The van der Waals surface area contributed by atoms with Crippen molar-refractivity contribution in [2.45, 2.75) is 10.6 Å². The molecule has 4 rings (SSSR count). The third-order valence-corrected chi connectivity index (χ3v) is 8.27. The van der Waals surface area contributed by atoms with Gasteiger partial charge in [0, 0.05) is 23.1 Å². The maximum absolute atomic E-state index is 13.1. The Morgan fingerprint density at radius 1 is 0.868 bits per heavy atom. The minimum atomic E-state index is -4.00. The SMILES string of the molecule is O=C(NCCSCc1ccccc1)c1cc(Cl)ccc1NS(=O)(=O)c1ccc(Oc2ccccc2Cl)cc1. The smallest absolute Gasteiger partial charge is 0.261 e. The van der Waals surface area contributed by atoms with Crippen molar-refractivity contribution in [3.05, 3.63) is 118 Å². The van der Waals surface area contributed by atoms with Crippen molar-refractivity contribution in [2.75, 3.05) is 17.0 Å². The molecule has 38 heavy (non-hydrogen) atoms. The fraction of sp³-hybridized carbons (Fsp3) is 0.107. The zero-order chi connectivity index (χ0) is 27.0. The van der Waals surface area contributed by atoms with E-state index < -0.39 is 15.9 Å². The van der Waals surface area contributed by atoms with Gasteiger partial charge in [0.15, 0.2) is 0 Å². The molecule has 0 atom stereocenters. The maximum atomic E-state index is 13.1. The Bertz CT molecular complexity index is 1500. The molecule has 0 unspecified atom stereocenters. The molecule has 0 saturated carbocycles. The second-order valence-corrected chi connectivity index (χ2v) is 11.7. The largest absolute Gasteiger partial charge is 0.456 e. The van der Waals surface area contributed by atoms with Gasteiger partial charge in [-0.25, -0.2) is 8.42 Å². The Morgan fingerprint density at radius 3 is 2.32 bits per heavy atom. The van der Waals surface area contributed by atoms with Gasteiger partial charge in [0.1, 0.15) is 11.5 Å². The van der Waals surface area contributed by atoms with Crippen LogP contribution in [-0.2, 0) is 15.8 Å². The fourth-order valence-electron chi connectivity index (χ4n) is 3.43. The van der Waals surface area contributed by atoms with Gasteiger partial charge in [-0.1, -0.05) is 65.7 Å². The summed E-state index contributed by atoms with van der Waals surface area (Å²) in [5, 5.41) is 3.59. The van der Waals surface area contributed by atoms with E-state index in [0.29, 0.717) is 33.8 Å². The fourth-order valence-corrected chi connectivity index (χ4v) is 5.68. The summed E-state index contributed by atoms with van der Waals surface area (Å²) in [7, 11) is -4.00. The zero-order valence-corrected chi connectivity index (χ0v) is 23.2. The molecule has 6 nitrogen and oxygen atoms in total. The molecule has 0 aromatic heterocycles. The number of amides is 1. The van der Waals surface area contributed by atoms with Crippen LogP contribution >= 0.6 is 35.0 Å². The van der Waals surface area contributed by atoms with Crippen molar-refractivity contribution in [3.8, 4) is 11.5 Å². The van der Waals surface area contributed by atoms with Crippen LogP contribution in [0.15, 0.2) is 102 Å². The molecule has 0 fully saturated rings. The number of thioether (sulfide) groups is 1. The molecule has 0 spiro atoms. The molecule has 0 heterocycles. The standard InChI is InChI=1S/C28H24Cl2N2O4S2/c29-21-10-15-26(24(18-21)28(33)31-16-17-37-19-20-6-2-1-3-7-20)32-38(34,35)23-13-11-22(12-14-23)36-27-9-5-4-8-25(27)30/h1-15,18,32H,16-17,19H2,(H,31,33). The lowest BCUT2D eigenvalue weighted by atomic mass is 10.1. The van der Waals surface area contributed by atoms with Crippen LogP contribution in [0, 0.1) is 0 Å². The molecule has 0 aliphatic heterocycles. The molecule has 4 aromatic carbocycles. The summed E-state index contributed by atoms with van der Waals surface area (Å²) >= 11 is 13.9. The number of hydrogen-bond donors (Lipinski definition) is 2. The Labute approximate surface area is 236 Å². The van der Waals surface area contributed by atoms with Crippen LogP contribution in [0.25, 0.3) is 0 Å². The molecule has 196 valence electrons. The van der Waals surface area contributed by atoms with E-state index in [2.05, 4.69) is 22.2 Å². The Kier molecular flexibility index (Phi) is 9.58. The molecule has 0 bridgehead atoms. The second kappa shape index (κ2) is 13.1. The van der Waals surface area contributed by atoms with Gasteiger partial charge in [0.25, 0.3) is 15.9 Å². The van der Waals surface area contributed by atoms with Gasteiger partial charge in [-0.15, -0.1) is 0 Å². The topological polar surface area (TPSA) is 84.5 Å². The van der Waals surface area contributed by atoms with Crippen molar-refractivity contribution in [3.63, 3.8) is 0 Å². The van der Waals surface area contributed by atoms with Crippen LogP contribution in [0.4, 0.5) is 5.69 Å². The van der Waals surface area contributed by atoms with Crippen molar-refractivity contribution >= 4 is 56.6 Å². The molecule has 0 aliphatic carbocycles. The van der Waals surface area contributed by atoms with Gasteiger partial charge >= 0.3 is 0 Å². The number of nitrogens with one attached hydrogen (secondary N) is 2. The van der Waals surface area contributed by atoms with Crippen LogP contribution in [0.5, 0.6) is 11.5 Å². The molecule has 0 saturated heterocycles. The molecule has 2 N–H and O–H groups in total. The van der Waals surface area contributed by atoms with Crippen molar-refractivity contribution in [2.24, 2.45) is 0 Å². The van der Waals surface area contributed by atoms with Crippen molar-refractivity contribution in [1.82, 2.24) is 5.32 Å². The number of sulfonamides is 1. The number of rotatable bonds is 11. The zero-order valence-electron chi connectivity index (χ0n) is 20.1. The number of halogens is 2. The number of hydrogen-bond acceptors (Lipinski definition) is 5. The predicted molar refractivity (Wildman–Crippen MR) is 155 cm³/mol. The molecular formula is C28H24Cl2N2O4S2. The maximum Gasteiger partial charge on any atom is 0.261 e. The summed E-state index contributed by atoms with van der Waals surface area (Å²) in [4.78, 5) is 12.9. The Hall–Kier alpha value is -3.17. The summed E-state index contributed by atoms with van der Waals surface area (Å²) in [6.45, 7) is 0.419. The van der Waals surface area contributed by atoms with E-state index in [1.54, 1.807) is 36.0 Å². The third-order valence-electron chi connectivity index (χ3n) is 5.31. The quantitative estimate of drug-likeness (QED) is 0.181. The lowest BCUT2D eigenvalue weighted by Gasteiger charge is -2.14. The molecule has 10 heteroatoms. The van der Waals surface area contributed by atoms with Crippen LogP contribution in [0.2, 0.25) is 10.0 Å². The number of anilines is 1. The summed E-state index contributed by atoms with van der Waals surface area (Å²) < 4.78 is 34.4. The third kappa shape index (κ3) is 7.68. The number of carbonyl (C=O) groups excluding carboxylic acids is 1. The highest BCUT2D eigenvalue weighted by molar-refractivity contribution is 7.98. The highest BCUT2D eigenvalue weighted by Crippen LogP contribution is 2.30. The van der Waals surface area contributed by atoms with E-state index in [4.69, 9.17) is 27.9 Å². The monoisotopic (exact) mass is 586 g/mol. The molecule has 1 amide bonds. The molecule has 4 aromatic rings. The normalized spacial score (nSPS) is 11.1. The minimum Gasteiger partial charge on any atom is -0.456 e. The van der Waals surface area contributed by atoms with Gasteiger partial charge in [-0.05, 0) is 60.2 Å². The Balaban J connectivity index is 1.39. The van der Waals surface area contributed by atoms with Crippen LogP contribution in [0.3, 0.4) is 0 Å². The molecule has 0 radical (unpaired) electrons.